The molecule has 5 aromatic rings. The van der Waals surface area contributed by atoms with Crippen molar-refractivity contribution in [2.45, 2.75) is 13.5 Å². The molecule has 0 spiro atoms. The van der Waals surface area contributed by atoms with E-state index in [-0.39, 0.29) is 18.0 Å². The molecule has 1 amide bonds. The van der Waals surface area contributed by atoms with Gasteiger partial charge in [0.15, 0.2) is 10.7 Å². The number of fused-ring (bicyclic) bond motifs is 1. The van der Waals surface area contributed by atoms with Crippen LogP contribution in [0, 0.1) is 5.92 Å². The van der Waals surface area contributed by atoms with Crippen LogP contribution in [0.1, 0.15) is 6.92 Å². The largest absolute Gasteiger partial charge is 0.463 e. The van der Waals surface area contributed by atoms with Crippen molar-refractivity contribution in [3.63, 3.8) is 0 Å². The van der Waals surface area contributed by atoms with E-state index in [2.05, 4.69) is 15.4 Å². The second kappa shape index (κ2) is 8.27. The van der Waals surface area contributed by atoms with Gasteiger partial charge in [-0.2, -0.15) is 5.10 Å². The minimum absolute atomic E-state index is 0.155. The number of carbonyl (C=O) groups excluding carboxylic acids is 1. The normalized spacial score (nSPS) is 12.2. The Kier molecular flexibility index (Phi) is 5.16. The number of hydrogen-bond donors (Lipinski definition) is 1. The van der Waals surface area contributed by atoms with Crippen molar-refractivity contribution >= 4 is 27.9 Å². The predicted molar refractivity (Wildman–Crippen MR) is 122 cm³/mol. The zero-order valence-electron chi connectivity index (χ0n) is 17.1. The van der Waals surface area contributed by atoms with Crippen molar-refractivity contribution in [1.82, 2.24) is 19.2 Å². The molecular formula is C23H19N5O3S. The summed E-state index contributed by atoms with van der Waals surface area (Å²) in [5.74, 6) is -0.0995. The molecule has 160 valence electrons. The van der Waals surface area contributed by atoms with Gasteiger partial charge in [0.05, 0.1) is 24.4 Å². The number of carbonyl (C=O) groups is 1. The van der Waals surface area contributed by atoms with E-state index in [1.165, 1.54) is 10.7 Å². The lowest BCUT2D eigenvalue weighted by atomic mass is 10.1. The number of nitrogens with zero attached hydrogens (tertiary/aromatic N) is 4. The van der Waals surface area contributed by atoms with Crippen LogP contribution in [0.2, 0.25) is 0 Å². The maximum Gasteiger partial charge on any atom is 0.266 e. The molecule has 0 aliphatic heterocycles. The van der Waals surface area contributed by atoms with Gasteiger partial charge in [-0.1, -0.05) is 19.1 Å². The number of amides is 1. The first-order chi connectivity index (χ1) is 15.6. The number of rotatable bonds is 6. The van der Waals surface area contributed by atoms with Crippen LogP contribution in [-0.2, 0) is 11.3 Å². The Hall–Kier alpha value is -3.98. The van der Waals surface area contributed by atoms with Crippen LogP contribution in [0.15, 0.2) is 81.8 Å². The first kappa shape index (κ1) is 20.0. The van der Waals surface area contributed by atoms with E-state index in [1.54, 1.807) is 42.7 Å². The molecule has 8 nitrogen and oxygen atoms in total. The third-order valence-corrected chi connectivity index (χ3v) is 5.85. The first-order valence-corrected chi connectivity index (χ1v) is 10.9. The molecule has 4 aromatic heterocycles. The van der Waals surface area contributed by atoms with Gasteiger partial charge in [0, 0.05) is 35.1 Å². The summed E-state index contributed by atoms with van der Waals surface area (Å²) in [5.41, 5.74) is 2.79. The van der Waals surface area contributed by atoms with E-state index in [1.807, 2.05) is 46.4 Å². The Morgan fingerprint density at radius 1 is 1.16 bits per heavy atom. The summed E-state index contributed by atoms with van der Waals surface area (Å²) in [4.78, 5) is 30.4. The summed E-state index contributed by atoms with van der Waals surface area (Å²) in [5, 5.41) is 9.21. The van der Waals surface area contributed by atoms with Gasteiger partial charge in [-0.3, -0.25) is 14.0 Å². The number of benzene rings is 1. The number of imidazole rings is 1. The minimum atomic E-state index is -0.466. The van der Waals surface area contributed by atoms with Crippen molar-refractivity contribution < 1.29 is 9.21 Å². The molecule has 0 radical (unpaired) electrons. The topological polar surface area (TPSA) is 94.4 Å². The third kappa shape index (κ3) is 3.97. The highest BCUT2D eigenvalue weighted by molar-refractivity contribution is 7.15. The van der Waals surface area contributed by atoms with Crippen molar-refractivity contribution in [1.29, 1.82) is 0 Å². The third-order valence-electron chi connectivity index (χ3n) is 5.08. The number of anilines is 1. The van der Waals surface area contributed by atoms with E-state index in [0.29, 0.717) is 17.1 Å². The van der Waals surface area contributed by atoms with Crippen molar-refractivity contribution in [3.05, 3.63) is 82.9 Å². The second-order valence-electron chi connectivity index (χ2n) is 7.40. The van der Waals surface area contributed by atoms with Crippen LogP contribution < -0.4 is 10.9 Å². The van der Waals surface area contributed by atoms with E-state index < -0.39 is 5.92 Å². The fraction of sp³-hybridized carbons (Fsp3) is 0.130. The molecule has 0 aliphatic carbocycles. The average molecular weight is 446 g/mol. The van der Waals surface area contributed by atoms with Crippen LogP contribution >= 0.6 is 11.3 Å². The summed E-state index contributed by atoms with van der Waals surface area (Å²) in [6.45, 7) is 1.91. The maximum absolute atomic E-state index is 12.7. The van der Waals surface area contributed by atoms with Crippen LogP contribution in [0.25, 0.3) is 27.7 Å². The molecule has 1 aromatic carbocycles. The standard InChI is InChI=1S/C23H19N5O3S/c1-15(13-28-21(29)9-8-18(26-28)20-3-2-11-31-20)22(30)24-17-6-4-16(5-7-17)19-14-27-10-12-32-23(27)25-19/h2-12,14-15H,13H2,1H3,(H,24,30)/t15-/m0/s1. The van der Waals surface area contributed by atoms with Gasteiger partial charge in [0.25, 0.3) is 5.56 Å². The first-order valence-electron chi connectivity index (χ1n) is 10.0. The van der Waals surface area contributed by atoms with Crippen molar-refractivity contribution in [3.8, 4) is 22.7 Å². The quantitative estimate of drug-likeness (QED) is 0.424. The van der Waals surface area contributed by atoms with Crippen LogP contribution in [0.3, 0.4) is 0 Å². The summed E-state index contributed by atoms with van der Waals surface area (Å²) in [7, 11) is 0. The summed E-state index contributed by atoms with van der Waals surface area (Å²) in [6.07, 6.45) is 5.49. The number of aromatic nitrogens is 4. The van der Waals surface area contributed by atoms with Gasteiger partial charge >= 0.3 is 0 Å². The van der Waals surface area contributed by atoms with Gasteiger partial charge in [0.1, 0.15) is 5.69 Å². The summed E-state index contributed by atoms with van der Waals surface area (Å²) < 4.78 is 8.61. The molecular weight excluding hydrogens is 426 g/mol. The number of thiazole rings is 1. The predicted octanol–water partition coefficient (Wildman–Crippen LogP) is 4.15. The molecule has 5 rings (SSSR count). The highest BCUT2D eigenvalue weighted by Crippen LogP contribution is 2.23. The Labute approximate surface area is 186 Å². The lowest BCUT2D eigenvalue weighted by Crippen LogP contribution is -2.31. The molecule has 9 heteroatoms. The zero-order valence-corrected chi connectivity index (χ0v) is 18.0. The van der Waals surface area contributed by atoms with E-state index >= 15 is 0 Å². The molecule has 0 saturated carbocycles. The van der Waals surface area contributed by atoms with E-state index in [9.17, 15) is 9.59 Å². The van der Waals surface area contributed by atoms with Crippen molar-refractivity contribution in [2.24, 2.45) is 5.92 Å². The molecule has 4 heterocycles. The molecule has 0 saturated heterocycles. The highest BCUT2D eigenvalue weighted by Gasteiger charge is 2.16. The lowest BCUT2D eigenvalue weighted by molar-refractivity contribution is -0.119. The number of nitrogens with one attached hydrogen (secondary N) is 1. The van der Waals surface area contributed by atoms with Gasteiger partial charge in [-0.05, 0) is 30.3 Å². The number of hydrogen-bond acceptors (Lipinski definition) is 6. The fourth-order valence-electron chi connectivity index (χ4n) is 3.33. The molecule has 0 bridgehead atoms. The molecule has 1 N–H and O–H groups in total. The molecule has 0 fully saturated rings. The fourth-order valence-corrected chi connectivity index (χ4v) is 4.03. The smallest absolute Gasteiger partial charge is 0.266 e. The Morgan fingerprint density at radius 3 is 2.75 bits per heavy atom. The highest BCUT2D eigenvalue weighted by atomic mass is 32.1. The SMILES string of the molecule is C[C@@H](Cn1nc(-c2ccco2)ccc1=O)C(=O)Nc1ccc(-c2cn3ccsc3n2)cc1. The summed E-state index contributed by atoms with van der Waals surface area (Å²) in [6, 6.07) is 14.1. The molecule has 32 heavy (non-hydrogen) atoms. The Bertz CT molecular complexity index is 1400. The van der Waals surface area contributed by atoms with Gasteiger partial charge < -0.3 is 9.73 Å². The Balaban J connectivity index is 1.26. The molecule has 0 unspecified atom stereocenters. The van der Waals surface area contributed by atoms with Gasteiger partial charge in [-0.15, -0.1) is 11.3 Å². The van der Waals surface area contributed by atoms with E-state index in [4.69, 9.17) is 4.42 Å². The monoisotopic (exact) mass is 445 g/mol. The van der Waals surface area contributed by atoms with Gasteiger partial charge in [-0.25, -0.2) is 9.67 Å². The van der Waals surface area contributed by atoms with E-state index in [0.717, 1.165) is 16.2 Å². The van der Waals surface area contributed by atoms with Crippen LogP contribution in [0.5, 0.6) is 0 Å². The maximum atomic E-state index is 12.7. The second-order valence-corrected chi connectivity index (χ2v) is 8.28. The molecule has 1 atom stereocenters. The number of furan rings is 1. The van der Waals surface area contributed by atoms with Crippen molar-refractivity contribution in [2.75, 3.05) is 5.32 Å². The lowest BCUT2D eigenvalue weighted by Gasteiger charge is -2.14. The summed E-state index contributed by atoms with van der Waals surface area (Å²) >= 11 is 1.58. The van der Waals surface area contributed by atoms with Crippen LogP contribution in [-0.4, -0.2) is 25.1 Å². The van der Waals surface area contributed by atoms with Crippen LogP contribution in [0.4, 0.5) is 5.69 Å². The Morgan fingerprint density at radius 2 is 2.00 bits per heavy atom. The minimum Gasteiger partial charge on any atom is -0.463 e. The average Bonchev–Trinajstić information content (AvgIpc) is 3.54. The zero-order chi connectivity index (χ0) is 22.1. The van der Waals surface area contributed by atoms with Gasteiger partial charge in [0.2, 0.25) is 5.91 Å². The molecule has 0 aliphatic rings.